The van der Waals surface area contributed by atoms with Gasteiger partial charge >= 0.3 is 0 Å². The molecule has 1 rings (SSSR count). The molecule has 15 heavy (non-hydrogen) atoms. The molecule has 0 atom stereocenters. The van der Waals surface area contributed by atoms with Gasteiger partial charge in [0.2, 0.25) is 0 Å². The Morgan fingerprint density at radius 3 is 2.13 bits per heavy atom. The summed E-state index contributed by atoms with van der Waals surface area (Å²) in [5.74, 6) is 0. The Kier molecular flexibility index (Phi) is 3.70. The summed E-state index contributed by atoms with van der Waals surface area (Å²) < 4.78 is 28.4. The van der Waals surface area contributed by atoms with Crippen LogP contribution in [0.4, 0.5) is 0 Å². The van der Waals surface area contributed by atoms with Crippen molar-refractivity contribution in [2.45, 2.75) is 24.5 Å². The Hall–Kier alpha value is -0.653. The molecule has 1 aromatic rings. The number of hydrogen-bond donors (Lipinski definition) is 0. The first-order valence-corrected chi connectivity index (χ1v) is 9.87. The van der Waals surface area contributed by atoms with Crippen LogP contribution in [-0.4, -0.2) is 22.7 Å². The molecule has 0 aromatic heterocycles. The van der Waals surface area contributed by atoms with E-state index in [2.05, 4.69) is 19.6 Å². The summed E-state index contributed by atoms with van der Waals surface area (Å²) in [4.78, 5) is 0.225. The maximum absolute atomic E-state index is 11.7. The van der Waals surface area contributed by atoms with E-state index in [0.717, 1.165) is 0 Å². The molecular formula is C10H16O3SSi. The van der Waals surface area contributed by atoms with Gasteiger partial charge in [0.25, 0.3) is 10.1 Å². The van der Waals surface area contributed by atoms with E-state index in [4.69, 9.17) is 4.18 Å². The lowest BCUT2D eigenvalue weighted by molar-refractivity contribution is 0.369. The van der Waals surface area contributed by atoms with Crippen LogP contribution in [0.25, 0.3) is 0 Å². The van der Waals surface area contributed by atoms with Gasteiger partial charge in [0.1, 0.15) is 0 Å². The highest BCUT2D eigenvalue weighted by molar-refractivity contribution is 7.86. The van der Waals surface area contributed by atoms with Crippen LogP contribution < -0.4 is 0 Å². The van der Waals surface area contributed by atoms with Gasteiger partial charge in [-0.3, -0.25) is 4.18 Å². The molecule has 0 N–H and O–H groups in total. The molecule has 1 aromatic carbocycles. The van der Waals surface area contributed by atoms with Crippen LogP contribution >= 0.6 is 0 Å². The number of rotatable bonds is 4. The van der Waals surface area contributed by atoms with Crippen molar-refractivity contribution in [3.8, 4) is 0 Å². The normalized spacial score (nSPS) is 12.7. The van der Waals surface area contributed by atoms with Gasteiger partial charge in [0.05, 0.1) is 19.2 Å². The van der Waals surface area contributed by atoms with Crippen molar-refractivity contribution >= 4 is 18.2 Å². The minimum Gasteiger partial charge on any atom is -0.270 e. The molecule has 0 heterocycles. The van der Waals surface area contributed by atoms with Gasteiger partial charge in [-0.1, -0.05) is 37.8 Å². The zero-order valence-electron chi connectivity index (χ0n) is 9.23. The number of benzene rings is 1. The Bertz CT molecular complexity index is 406. The second kappa shape index (κ2) is 4.47. The predicted octanol–water partition coefficient (Wildman–Crippen LogP) is 2.27. The fourth-order valence-corrected chi connectivity index (χ4v) is 3.57. The van der Waals surface area contributed by atoms with Gasteiger partial charge in [0, 0.05) is 0 Å². The lowest BCUT2D eigenvalue weighted by Gasteiger charge is -2.15. The topological polar surface area (TPSA) is 43.4 Å². The first-order valence-electron chi connectivity index (χ1n) is 4.76. The molecule has 0 saturated carbocycles. The molecule has 5 heteroatoms. The standard InChI is InChI=1S/C10H16O3SSi/c1-15(2,3)9-13-14(11,12)10-7-5-4-6-8-10/h4-8H,9H2,1-3H3. The molecule has 0 fully saturated rings. The van der Waals surface area contributed by atoms with E-state index in [-0.39, 0.29) is 4.90 Å². The highest BCUT2D eigenvalue weighted by atomic mass is 32.2. The van der Waals surface area contributed by atoms with Crippen LogP contribution in [0.3, 0.4) is 0 Å². The monoisotopic (exact) mass is 244 g/mol. The molecule has 0 aliphatic rings. The third-order valence-electron chi connectivity index (χ3n) is 1.68. The van der Waals surface area contributed by atoms with Gasteiger partial charge in [-0.05, 0) is 12.1 Å². The van der Waals surface area contributed by atoms with Crippen LogP contribution in [-0.2, 0) is 14.3 Å². The molecular weight excluding hydrogens is 228 g/mol. The van der Waals surface area contributed by atoms with Crippen LogP contribution in [0.5, 0.6) is 0 Å². The largest absolute Gasteiger partial charge is 0.296 e. The third-order valence-corrected chi connectivity index (χ3v) is 4.18. The summed E-state index contributed by atoms with van der Waals surface area (Å²) in [6.07, 6.45) is 0.324. The average molecular weight is 244 g/mol. The fraction of sp³-hybridized carbons (Fsp3) is 0.400. The highest BCUT2D eigenvalue weighted by Gasteiger charge is 2.20. The zero-order valence-corrected chi connectivity index (χ0v) is 11.0. The maximum Gasteiger partial charge on any atom is 0.296 e. The van der Waals surface area contributed by atoms with E-state index in [1.807, 2.05) is 0 Å². The Labute approximate surface area is 92.2 Å². The molecule has 0 unspecified atom stereocenters. The summed E-state index contributed by atoms with van der Waals surface area (Å²) in [6, 6.07) is 8.23. The first kappa shape index (κ1) is 12.4. The second-order valence-corrected chi connectivity index (χ2v) is 11.6. The number of hydrogen-bond acceptors (Lipinski definition) is 3. The molecule has 0 amide bonds. The average Bonchev–Trinajstić information content (AvgIpc) is 2.16. The van der Waals surface area contributed by atoms with E-state index < -0.39 is 18.2 Å². The smallest absolute Gasteiger partial charge is 0.270 e. The predicted molar refractivity (Wildman–Crippen MR) is 62.9 cm³/mol. The van der Waals surface area contributed by atoms with Gasteiger partial charge in [-0.25, -0.2) is 0 Å². The molecule has 0 radical (unpaired) electrons. The lowest BCUT2D eigenvalue weighted by atomic mass is 10.4. The van der Waals surface area contributed by atoms with Crippen LogP contribution in [0.2, 0.25) is 19.6 Å². The van der Waals surface area contributed by atoms with Crippen molar-refractivity contribution in [2.75, 3.05) is 6.23 Å². The van der Waals surface area contributed by atoms with Crippen molar-refractivity contribution < 1.29 is 12.6 Å². The summed E-state index contributed by atoms with van der Waals surface area (Å²) in [6.45, 7) is 6.19. The van der Waals surface area contributed by atoms with Crippen LogP contribution in [0.1, 0.15) is 0 Å². The lowest BCUT2D eigenvalue weighted by Crippen LogP contribution is -2.29. The van der Waals surface area contributed by atoms with Crippen molar-refractivity contribution in [3.05, 3.63) is 30.3 Å². The summed E-state index contributed by atoms with van der Waals surface area (Å²) >= 11 is 0. The SMILES string of the molecule is C[Si](C)(C)COS(=O)(=O)c1ccccc1. The summed E-state index contributed by atoms with van der Waals surface area (Å²) in [7, 11) is -5.06. The van der Waals surface area contributed by atoms with Crippen molar-refractivity contribution in [3.63, 3.8) is 0 Å². The molecule has 0 spiro atoms. The van der Waals surface area contributed by atoms with Crippen molar-refractivity contribution in [2.24, 2.45) is 0 Å². The fourth-order valence-electron chi connectivity index (χ4n) is 0.910. The van der Waals surface area contributed by atoms with Crippen LogP contribution in [0, 0.1) is 0 Å². The van der Waals surface area contributed by atoms with E-state index in [1.54, 1.807) is 30.3 Å². The van der Waals surface area contributed by atoms with Crippen LogP contribution in [0.15, 0.2) is 35.2 Å². The molecule has 0 aliphatic carbocycles. The quantitative estimate of drug-likeness (QED) is 0.603. The minimum atomic E-state index is -3.56. The third kappa shape index (κ3) is 4.15. The van der Waals surface area contributed by atoms with Gasteiger partial charge in [-0.2, -0.15) is 8.42 Å². The Morgan fingerprint density at radius 2 is 1.67 bits per heavy atom. The Morgan fingerprint density at radius 1 is 1.13 bits per heavy atom. The minimum absolute atomic E-state index is 0.225. The Balaban J connectivity index is 2.78. The van der Waals surface area contributed by atoms with E-state index >= 15 is 0 Å². The molecule has 0 saturated heterocycles. The van der Waals surface area contributed by atoms with Crippen molar-refractivity contribution in [1.29, 1.82) is 0 Å². The van der Waals surface area contributed by atoms with Crippen molar-refractivity contribution in [1.82, 2.24) is 0 Å². The second-order valence-electron chi connectivity index (χ2n) is 4.59. The highest BCUT2D eigenvalue weighted by Crippen LogP contribution is 2.13. The summed E-state index contributed by atoms with van der Waals surface area (Å²) in [5.41, 5.74) is 0. The molecule has 0 bridgehead atoms. The van der Waals surface area contributed by atoms with Gasteiger partial charge in [0.15, 0.2) is 0 Å². The van der Waals surface area contributed by atoms with E-state index in [1.165, 1.54) is 0 Å². The van der Waals surface area contributed by atoms with E-state index in [0.29, 0.717) is 6.23 Å². The zero-order chi connectivity index (χ0) is 11.5. The first-order chi connectivity index (χ1) is 6.81. The summed E-state index contributed by atoms with van der Waals surface area (Å²) in [5, 5.41) is 0. The molecule has 3 nitrogen and oxygen atoms in total. The maximum atomic E-state index is 11.7. The molecule has 0 aliphatic heterocycles. The molecule has 84 valence electrons. The van der Waals surface area contributed by atoms with Gasteiger partial charge in [-0.15, -0.1) is 0 Å². The van der Waals surface area contributed by atoms with Gasteiger partial charge < -0.3 is 0 Å². The van der Waals surface area contributed by atoms with E-state index in [9.17, 15) is 8.42 Å².